The van der Waals surface area contributed by atoms with Gasteiger partial charge in [0.15, 0.2) is 5.16 Å². The molecule has 0 aromatic carbocycles. The van der Waals surface area contributed by atoms with Crippen molar-refractivity contribution in [3.8, 4) is 0 Å². The lowest BCUT2D eigenvalue weighted by atomic mass is 10.3. The Balaban J connectivity index is 1.99. The van der Waals surface area contributed by atoms with Crippen LogP contribution in [-0.2, 0) is 7.05 Å². The van der Waals surface area contributed by atoms with Crippen LogP contribution in [0.5, 0.6) is 0 Å². The summed E-state index contributed by atoms with van der Waals surface area (Å²) in [4.78, 5) is 0. The van der Waals surface area contributed by atoms with E-state index in [1.165, 1.54) is 0 Å². The molecule has 2 heterocycles. The molecule has 5 heteroatoms. The molecule has 1 aromatic rings. The van der Waals surface area contributed by atoms with Gasteiger partial charge in [0.1, 0.15) is 6.33 Å². The minimum Gasteiger partial charge on any atom is -0.314 e. The van der Waals surface area contributed by atoms with Crippen LogP contribution in [0.15, 0.2) is 11.5 Å². The second-order valence-corrected chi connectivity index (χ2v) is 3.89. The van der Waals surface area contributed by atoms with E-state index in [-0.39, 0.29) is 0 Å². The van der Waals surface area contributed by atoms with Gasteiger partial charge in [-0.2, -0.15) is 0 Å². The van der Waals surface area contributed by atoms with Crippen LogP contribution in [0.25, 0.3) is 0 Å². The van der Waals surface area contributed by atoms with E-state index in [1.807, 2.05) is 11.6 Å². The number of nitrogens with zero attached hydrogens (tertiary/aromatic N) is 3. The minimum absolute atomic E-state index is 0.692. The molecular formula is C6H10N4S. The largest absolute Gasteiger partial charge is 0.314 e. The minimum atomic E-state index is 0.692. The van der Waals surface area contributed by atoms with Crippen LogP contribution < -0.4 is 5.32 Å². The quantitative estimate of drug-likeness (QED) is 0.672. The molecule has 0 spiro atoms. The Morgan fingerprint density at radius 3 is 3.00 bits per heavy atom. The maximum Gasteiger partial charge on any atom is 0.191 e. The van der Waals surface area contributed by atoms with E-state index in [2.05, 4.69) is 15.5 Å². The molecule has 1 saturated heterocycles. The summed E-state index contributed by atoms with van der Waals surface area (Å²) >= 11 is 1.79. The van der Waals surface area contributed by atoms with Gasteiger partial charge in [-0.25, -0.2) is 0 Å². The van der Waals surface area contributed by atoms with Gasteiger partial charge < -0.3 is 9.88 Å². The van der Waals surface area contributed by atoms with E-state index in [1.54, 1.807) is 18.1 Å². The summed E-state index contributed by atoms with van der Waals surface area (Å²) < 4.78 is 1.95. The number of rotatable bonds is 2. The maximum atomic E-state index is 3.99. The molecule has 1 aliphatic rings. The molecule has 11 heavy (non-hydrogen) atoms. The normalized spacial score (nSPS) is 18.3. The van der Waals surface area contributed by atoms with Gasteiger partial charge in [0.2, 0.25) is 0 Å². The first-order valence-electron chi connectivity index (χ1n) is 3.57. The first-order valence-corrected chi connectivity index (χ1v) is 4.45. The van der Waals surface area contributed by atoms with Crippen molar-refractivity contribution in [3.05, 3.63) is 6.33 Å². The molecule has 0 unspecified atom stereocenters. The third kappa shape index (κ3) is 1.39. The molecule has 0 atom stereocenters. The molecule has 60 valence electrons. The molecule has 0 bridgehead atoms. The fourth-order valence-electron chi connectivity index (χ4n) is 0.874. The van der Waals surface area contributed by atoms with E-state index in [0.29, 0.717) is 5.25 Å². The summed E-state index contributed by atoms with van der Waals surface area (Å²) in [7, 11) is 1.97. The molecule has 0 saturated carbocycles. The predicted octanol–water partition coefficient (Wildman–Crippen LogP) is -0.121. The van der Waals surface area contributed by atoms with E-state index >= 15 is 0 Å². The molecular weight excluding hydrogens is 160 g/mol. The Bertz CT molecular complexity index is 242. The lowest BCUT2D eigenvalue weighted by Crippen LogP contribution is -2.44. The lowest BCUT2D eigenvalue weighted by Gasteiger charge is -2.25. The van der Waals surface area contributed by atoms with Gasteiger partial charge in [-0.1, -0.05) is 11.8 Å². The van der Waals surface area contributed by atoms with Gasteiger partial charge in [-0.15, -0.1) is 10.2 Å². The van der Waals surface area contributed by atoms with Crippen molar-refractivity contribution in [1.82, 2.24) is 20.1 Å². The zero-order valence-corrected chi connectivity index (χ0v) is 7.14. The smallest absolute Gasteiger partial charge is 0.191 e. The van der Waals surface area contributed by atoms with Crippen LogP contribution in [0.4, 0.5) is 0 Å². The van der Waals surface area contributed by atoms with E-state index in [4.69, 9.17) is 0 Å². The third-order valence-corrected chi connectivity index (χ3v) is 2.93. The molecule has 0 aliphatic carbocycles. The first kappa shape index (κ1) is 7.12. The molecule has 0 radical (unpaired) electrons. The topological polar surface area (TPSA) is 42.7 Å². The SMILES string of the molecule is Cn1cnnc1SC1CNC1. The summed E-state index contributed by atoms with van der Waals surface area (Å²) in [6, 6.07) is 0. The highest BCUT2D eigenvalue weighted by Gasteiger charge is 2.19. The zero-order valence-electron chi connectivity index (χ0n) is 6.32. The number of thioether (sulfide) groups is 1. The Kier molecular flexibility index (Phi) is 1.83. The number of hydrogen-bond donors (Lipinski definition) is 1. The van der Waals surface area contributed by atoms with E-state index in [9.17, 15) is 0 Å². The molecule has 0 amide bonds. The average Bonchev–Trinajstić information content (AvgIpc) is 2.27. The second kappa shape index (κ2) is 2.83. The summed E-state index contributed by atoms with van der Waals surface area (Å²) in [6.07, 6.45) is 1.73. The van der Waals surface area contributed by atoms with Crippen molar-refractivity contribution in [3.63, 3.8) is 0 Å². The number of aromatic nitrogens is 3. The lowest BCUT2D eigenvalue weighted by molar-refractivity contribution is 0.541. The first-order chi connectivity index (χ1) is 5.36. The van der Waals surface area contributed by atoms with E-state index < -0.39 is 0 Å². The monoisotopic (exact) mass is 170 g/mol. The van der Waals surface area contributed by atoms with Gasteiger partial charge in [-0.3, -0.25) is 0 Å². The van der Waals surface area contributed by atoms with Crippen molar-refractivity contribution in [2.45, 2.75) is 10.4 Å². The van der Waals surface area contributed by atoms with Crippen LogP contribution >= 0.6 is 11.8 Å². The number of nitrogens with one attached hydrogen (secondary N) is 1. The number of hydrogen-bond acceptors (Lipinski definition) is 4. The second-order valence-electron chi connectivity index (χ2n) is 2.62. The highest BCUT2D eigenvalue weighted by molar-refractivity contribution is 7.99. The van der Waals surface area contributed by atoms with Gasteiger partial charge in [0.25, 0.3) is 0 Å². The van der Waals surface area contributed by atoms with Crippen molar-refractivity contribution < 1.29 is 0 Å². The Morgan fingerprint density at radius 2 is 2.55 bits per heavy atom. The highest BCUT2D eigenvalue weighted by atomic mass is 32.2. The van der Waals surface area contributed by atoms with Gasteiger partial charge in [0, 0.05) is 25.4 Å². The molecule has 4 nitrogen and oxygen atoms in total. The summed E-state index contributed by atoms with van der Waals surface area (Å²) in [6.45, 7) is 2.19. The summed E-state index contributed by atoms with van der Waals surface area (Å²) in [5.41, 5.74) is 0. The average molecular weight is 170 g/mol. The maximum absolute atomic E-state index is 3.99. The van der Waals surface area contributed by atoms with Crippen LogP contribution in [0, 0.1) is 0 Å². The fourth-order valence-corrected chi connectivity index (χ4v) is 1.88. The fraction of sp³-hybridized carbons (Fsp3) is 0.667. The van der Waals surface area contributed by atoms with Crippen LogP contribution in [0.2, 0.25) is 0 Å². The molecule has 1 fully saturated rings. The third-order valence-electron chi connectivity index (χ3n) is 1.69. The van der Waals surface area contributed by atoms with E-state index in [0.717, 1.165) is 18.2 Å². The summed E-state index contributed by atoms with van der Waals surface area (Å²) in [5.74, 6) is 0. The number of aryl methyl sites for hydroxylation is 1. The van der Waals surface area contributed by atoms with Crippen LogP contribution in [0.1, 0.15) is 0 Å². The standard InChI is InChI=1S/C6H10N4S/c1-10-4-8-9-6(10)11-5-2-7-3-5/h4-5,7H,2-3H2,1H3. The van der Waals surface area contributed by atoms with Gasteiger partial charge in [-0.05, 0) is 0 Å². The molecule has 1 aliphatic heterocycles. The molecule has 2 rings (SSSR count). The predicted molar refractivity (Wildman–Crippen MR) is 43.5 cm³/mol. The molecule has 1 N–H and O–H groups in total. The van der Waals surface area contributed by atoms with Crippen molar-refractivity contribution in [2.24, 2.45) is 7.05 Å². The Hall–Kier alpha value is -0.550. The summed E-state index contributed by atoms with van der Waals surface area (Å²) in [5, 5.41) is 12.7. The van der Waals surface area contributed by atoms with Crippen molar-refractivity contribution in [1.29, 1.82) is 0 Å². The van der Waals surface area contributed by atoms with Crippen LogP contribution in [0.3, 0.4) is 0 Å². The van der Waals surface area contributed by atoms with Gasteiger partial charge >= 0.3 is 0 Å². The molecule has 1 aromatic heterocycles. The van der Waals surface area contributed by atoms with Gasteiger partial charge in [0.05, 0.1) is 0 Å². The van der Waals surface area contributed by atoms with Crippen molar-refractivity contribution in [2.75, 3.05) is 13.1 Å². The Morgan fingerprint density at radius 1 is 1.73 bits per heavy atom. The van der Waals surface area contributed by atoms with Crippen LogP contribution in [-0.4, -0.2) is 33.1 Å². The Labute approximate surface area is 69.4 Å². The zero-order chi connectivity index (χ0) is 7.68. The van der Waals surface area contributed by atoms with Crippen molar-refractivity contribution >= 4 is 11.8 Å². The highest BCUT2D eigenvalue weighted by Crippen LogP contribution is 2.22.